The highest BCUT2D eigenvalue weighted by Gasteiger charge is 2.27. The summed E-state index contributed by atoms with van der Waals surface area (Å²) in [4.78, 5) is 11.5. The first kappa shape index (κ1) is 14.9. The molecular formula is C12H25NO5Si. The summed E-state index contributed by atoms with van der Waals surface area (Å²) in [5.74, 6) is -0.211. The van der Waals surface area contributed by atoms with Crippen molar-refractivity contribution in [2.75, 3.05) is 19.7 Å². The number of carbonyl (C=O) groups is 1. The molecule has 1 fully saturated rings. The fourth-order valence-electron chi connectivity index (χ4n) is 1.61. The molecule has 1 heterocycles. The zero-order valence-corrected chi connectivity index (χ0v) is 13.0. The Bertz CT molecular complexity index is 295. The van der Waals surface area contributed by atoms with E-state index in [0.29, 0.717) is 12.6 Å². The van der Waals surface area contributed by atoms with Crippen molar-refractivity contribution in [1.82, 2.24) is 5.32 Å². The van der Waals surface area contributed by atoms with Crippen LogP contribution in [0.1, 0.15) is 28.1 Å². The maximum Gasteiger partial charge on any atom is 0.246 e. The van der Waals surface area contributed by atoms with Crippen molar-refractivity contribution in [2.45, 2.75) is 51.2 Å². The summed E-state index contributed by atoms with van der Waals surface area (Å²) in [6.45, 7) is 3.77. The second-order valence-electron chi connectivity index (χ2n) is 4.76. The van der Waals surface area contributed by atoms with Crippen LogP contribution in [0.3, 0.4) is 0 Å². The van der Waals surface area contributed by atoms with Crippen LogP contribution < -0.4 is 5.32 Å². The van der Waals surface area contributed by atoms with Gasteiger partial charge >= 0.3 is 0 Å². The van der Waals surface area contributed by atoms with Crippen molar-refractivity contribution in [1.29, 1.82) is 0 Å². The van der Waals surface area contributed by atoms with Crippen LogP contribution >= 0.6 is 0 Å². The van der Waals surface area contributed by atoms with Gasteiger partial charge in [-0.25, -0.2) is 0 Å². The zero-order chi connectivity index (χ0) is 15.0. The molecule has 0 radical (unpaired) electrons. The maximum atomic E-state index is 11.5. The van der Waals surface area contributed by atoms with Gasteiger partial charge in [0, 0.05) is 19.1 Å². The molecule has 1 aliphatic heterocycles. The third-order valence-corrected chi connectivity index (χ3v) is 4.35. The minimum absolute atomic E-state index is 0.113. The number of carbonyl (C=O) groups excluding carboxylic acids is 1. The van der Waals surface area contributed by atoms with Gasteiger partial charge in [0.1, 0.15) is 12.7 Å². The van der Waals surface area contributed by atoms with Crippen molar-refractivity contribution in [3.63, 3.8) is 0 Å². The standard InChI is InChI=1S/C12H25NO5Si/c1-9(2)18-19-7-3-5-13-11(14)8-17-10-4-6-16-12(10)15/h9-10,12,15H,3-8,19H2,1-2H3,(H,13,14)/i6T. The quantitative estimate of drug-likeness (QED) is 0.444. The van der Waals surface area contributed by atoms with E-state index in [-0.39, 0.29) is 18.9 Å². The summed E-state index contributed by atoms with van der Waals surface area (Å²) in [6, 6.07) is 1.04. The van der Waals surface area contributed by atoms with Crippen molar-refractivity contribution < 1.29 is 25.2 Å². The fraction of sp³-hybridized carbons (Fsp3) is 0.917. The molecule has 0 spiro atoms. The van der Waals surface area contributed by atoms with E-state index in [1.807, 2.05) is 13.8 Å². The number of ether oxygens (including phenoxy) is 2. The first-order chi connectivity index (χ1) is 9.49. The fourth-order valence-corrected chi connectivity index (χ4v) is 2.70. The molecule has 1 aliphatic rings. The summed E-state index contributed by atoms with van der Waals surface area (Å²) < 4.78 is 22.9. The van der Waals surface area contributed by atoms with Crippen molar-refractivity contribution >= 4 is 15.7 Å². The van der Waals surface area contributed by atoms with Gasteiger partial charge in [0.25, 0.3) is 0 Å². The number of nitrogens with one attached hydrogen (secondary N) is 1. The lowest BCUT2D eigenvalue weighted by Gasteiger charge is -2.14. The van der Waals surface area contributed by atoms with Crippen molar-refractivity contribution in [2.24, 2.45) is 0 Å². The molecule has 7 heteroatoms. The summed E-state index contributed by atoms with van der Waals surface area (Å²) >= 11 is 0. The molecule has 0 aromatic rings. The highest BCUT2D eigenvalue weighted by molar-refractivity contribution is 6.27. The average molecular weight is 293 g/mol. The minimum atomic E-state index is -1.11. The molecule has 0 aromatic carbocycles. The van der Waals surface area contributed by atoms with Gasteiger partial charge in [-0.2, -0.15) is 0 Å². The molecule has 1 saturated heterocycles. The van der Waals surface area contributed by atoms with Gasteiger partial charge in [0.15, 0.2) is 16.1 Å². The summed E-state index contributed by atoms with van der Waals surface area (Å²) in [5, 5.41) is 12.1. The molecule has 0 aliphatic carbocycles. The van der Waals surface area contributed by atoms with E-state index in [1.165, 1.54) is 0 Å². The van der Waals surface area contributed by atoms with Crippen LogP contribution in [0.15, 0.2) is 0 Å². The summed E-state index contributed by atoms with van der Waals surface area (Å²) in [6.07, 6.45) is -0.202. The van der Waals surface area contributed by atoms with Gasteiger partial charge in [0.05, 0.1) is 7.95 Å². The Hall–Kier alpha value is -0.473. The van der Waals surface area contributed by atoms with E-state index in [1.54, 1.807) is 0 Å². The second kappa shape index (κ2) is 9.43. The lowest BCUT2D eigenvalue weighted by atomic mass is 10.3. The molecule has 0 saturated carbocycles. The van der Waals surface area contributed by atoms with Crippen LogP contribution in [0, 0.1) is 0 Å². The SMILES string of the molecule is [3H]C1CC(OCC(=O)NCCC[SiH2]OC(C)C)C(O)O1. The molecule has 2 N–H and O–H groups in total. The van der Waals surface area contributed by atoms with E-state index in [2.05, 4.69) is 5.32 Å². The van der Waals surface area contributed by atoms with Crippen LogP contribution in [0.4, 0.5) is 0 Å². The predicted molar refractivity (Wildman–Crippen MR) is 73.5 cm³/mol. The predicted octanol–water partition coefficient (Wildman–Crippen LogP) is -0.456. The first-order valence-corrected chi connectivity index (χ1v) is 8.32. The molecule has 6 nitrogen and oxygen atoms in total. The third-order valence-electron chi connectivity index (χ3n) is 2.66. The third kappa shape index (κ3) is 7.63. The Labute approximate surface area is 118 Å². The molecule has 1 rings (SSSR count). The number of rotatable bonds is 9. The van der Waals surface area contributed by atoms with Crippen LogP contribution in [-0.2, 0) is 18.7 Å². The van der Waals surface area contributed by atoms with Gasteiger partial charge < -0.3 is 24.3 Å². The second-order valence-corrected chi connectivity index (χ2v) is 6.20. The molecule has 1 amide bonds. The van der Waals surface area contributed by atoms with Gasteiger partial charge in [0.2, 0.25) is 5.91 Å². The molecular weight excluding hydrogens is 266 g/mol. The first-order valence-electron chi connectivity index (χ1n) is 7.32. The van der Waals surface area contributed by atoms with Gasteiger partial charge in [-0.1, -0.05) is 0 Å². The normalized spacial score (nSPS) is 28.2. The molecule has 3 unspecified atom stereocenters. The maximum absolute atomic E-state index is 11.5. The Balaban J connectivity index is 1.98. The lowest BCUT2D eigenvalue weighted by molar-refractivity contribution is -0.143. The largest absolute Gasteiger partial charge is 0.422 e. The van der Waals surface area contributed by atoms with Crippen LogP contribution in [0.2, 0.25) is 6.04 Å². The Morgan fingerprint density at radius 2 is 2.47 bits per heavy atom. The van der Waals surface area contributed by atoms with E-state index in [4.69, 9.17) is 15.3 Å². The number of hydrogen-bond donors (Lipinski definition) is 2. The van der Waals surface area contributed by atoms with E-state index < -0.39 is 28.7 Å². The highest BCUT2D eigenvalue weighted by atomic mass is 28.2. The van der Waals surface area contributed by atoms with Crippen LogP contribution in [-0.4, -0.2) is 59.0 Å². The Morgan fingerprint density at radius 1 is 1.68 bits per heavy atom. The molecule has 3 atom stereocenters. The number of aliphatic hydroxyl groups excluding tert-OH is 1. The van der Waals surface area contributed by atoms with Crippen LogP contribution in [0.5, 0.6) is 0 Å². The van der Waals surface area contributed by atoms with Crippen molar-refractivity contribution in [3.8, 4) is 0 Å². The number of amides is 1. The van der Waals surface area contributed by atoms with E-state index in [0.717, 1.165) is 12.5 Å². The summed E-state index contributed by atoms with van der Waals surface area (Å²) in [5.41, 5.74) is 0. The van der Waals surface area contributed by atoms with Gasteiger partial charge in [-0.15, -0.1) is 0 Å². The van der Waals surface area contributed by atoms with Gasteiger partial charge in [-0.3, -0.25) is 4.79 Å². The Kier molecular flexibility index (Phi) is 7.41. The molecule has 0 bridgehead atoms. The number of hydrogen-bond acceptors (Lipinski definition) is 5. The van der Waals surface area contributed by atoms with Crippen LogP contribution in [0.25, 0.3) is 0 Å². The highest BCUT2D eigenvalue weighted by Crippen LogP contribution is 2.14. The topological polar surface area (TPSA) is 77.0 Å². The monoisotopic (exact) mass is 293 g/mol. The van der Waals surface area contributed by atoms with Gasteiger partial charge in [-0.05, 0) is 26.3 Å². The van der Waals surface area contributed by atoms with Crippen molar-refractivity contribution in [3.05, 3.63) is 0 Å². The van der Waals surface area contributed by atoms with E-state index >= 15 is 0 Å². The Morgan fingerprint density at radius 3 is 3.11 bits per heavy atom. The molecule has 112 valence electrons. The molecule has 19 heavy (non-hydrogen) atoms. The average Bonchev–Trinajstić information content (AvgIpc) is 2.69. The molecule has 0 aromatic heterocycles. The lowest BCUT2D eigenvalue weighted by Crippen LogP contribution is -2.33. The van der Waals surface area contributed by atoms with E-state index in [9.17, 15) is 9.90 Å². The number of aliphatic hydroxyl groups is 1. The summed E-state index contributed by atoms with van der Waals surface area (Å²) in [7, 11) is -0.471. The zero-order valence-electron chi connectivity index (χ0n) is 12.6. The minimum Gasteiger partial charge on any atom is -0.422 e. The smallest absolute Gasteiger partial charge is 0.246 e.